The van der Waals surface area contributed by atoms with Crippen molar-refractivity contribution in [3.8, 4) is 0 Å². The molecule has 3 saturated heterocycles. The van der Waals surface area contributed by atoms with Crippen LogP contribution in [-0.2, 0) is 42.8 Å². The molecular weight excluding hydrogens is 874 g/mol. The van der Waals surface area contributed by atoms with Gasteiger partial charge in [0.05, 0.1) is 32.5 Å². The average Bonchev–Trinajstić information content (AvgIpc) is 3.30. The molecule has 16 atom stereocenters. The molecule has 0 unspecified atom stereocenters. The van der Waals surface area contributed by atoms with E-state index in [4.69, 9.17) is 34.2 Å². The lowest BCUT2D eigenvalue weighted by Gasteiger charge is -2.46. The number of hydrogen-bond donors (Lipinski definition) is 13. The van der Waals surface area contributed by atoms with Gasteiger partial charge in [-0.05, 0) is 45.6 Å². The van der Waals surface area contributed by atoms with Crippen LogP contribution >= 0.6 is 0 Å². The lowest BCUT2D eigenvalue weighted by atomic mass is 9.96. The van der Waals surface area contributed by atoms with Gasteiger partial charge in [-0.15, -0.1) is 0 Å². The zero-order chi connectivity index (χ0) is 48.6. The average molecular weight is 956 g/mol. The number of carbonyl (C=O) groups is 3. The standard InChI is InChI=1S/C44H81N3O19/c1-26(50)28(19-14-15-21-45)46-47-32(52)20-13-11-9-7-5-3-2-4-6-8-10-12-17-27(51)18-16-22-61-43-40(60)41(66-44-39(59)37(57)34(54)30(24-49)64-44)35(55)31(65-43)25-62-42-38(58)36(56)33(53)29(23-48)63-42/h28-31,33-44,46,48-49,53-60H,2-25,45H2,1H3,(H,47,52)/t28-,29+,30+,31+,33+,34+,35+,36-,37-,38-,39-,40-,41-,42-,43-,44+/m0/s1. The molecule has 14 N–H and O–H groups in total. The molecule has 0 aromatic rings. The lowest BCUT2D eigenvalue weighted by Crippen LogP contribution is -2.65. The van der Waals surface area contributed by atoms with Crippen molar-refractivity contribution in [3.63, 3.8) is 0 Å². The molecule has 0 spiro atoms. The van der Waals surface area contributed by atoms with Gasteiger partial charge in [-0.3, -0.25) is 19.8 Å². The summed E-state index contributed by atoms with van der Waals surface area (Å²) in [6, 6.07) is -0.387. The quantitative estimate of drug-likeness (QED) is 0.0244. The topological polar surface area (TPSA) is 359 Å². The minimum atomic E-state index is -1.87. The van der Waals surface area contributed by atoms with Gasteiger partial charge in [0, 0.05) is 19.3 Å². The number of rotatable bonds is 34. The van der Waals surface area contributed by atoms with E-state index < -0.39 is 112 Å². The summed E-state index contributed by atoms with van der Waals surface area (Å²) in [4.78, 5) is 36.5. The van der Waals surface area contributed by atoms with Crippen LogP contribution in [0, 0.1) is 0 Å². The second kappa shape index (κ2) is 32.1. The Kier molecular flexibility index (Phi) is 28.4. The summed E-state index contributed by atoms with van der Waals surface area (Å²) in [7, 11) is 0. The Balaban J connectivity index is 1.31. The van der Waals surface area contributed by atoms with Gasteiger partial charge in [-0.1, -0.05) is 70.6 Å². The Morgan fingerprint density at radius 3 is 1.58 bits per heavy atom. The molecule has 0 aromatic heterocycles. The molecule has 0 aliphatic carbocycles. The number of ether oxygens (including phenoxy) is 6. The minimum Gasteiger partial charge on any atom is -0.394 e. The minimum absolute atomic E-state index is 0.00777. The van der Waals surface area contributed by atoms with Crippen molar-refractivity contribution in [2.75, 3.05) is 33.0 Å². The Hall–Kier alpha value is -1.91. The van der Waals surface area contributed by atoms with E-state index in [0.717, 1.165) is 89.9 Å². The van der Waals surface area contributed by atoms with Crippen molar-refractivity contribution < 1.29 is 93.9 Å². The van der Waals surface area contributed by atoms with Gasteiger partial charge in [0.2, 0.25) is 5.91 Å². The van der Waals surface area contributed by atoms with E-state index in [-0.39, 0.29) is 43.0 Å². The maximum absolute atomic E-state index is 12.6. The van der Waals surface area contributed by atoms with E-state index in [1.807, 2.05) is 0 Å². The van der Waals surface area contributed by atoms with Gasteiger partial charge >= 0.3 is 0 Å². The molecule has 3 aliphatic heterocycles. The molecule has 0 saturated carbocycles. The van der Waals surface area contributed by atoms with E-state index in [2.05, 4.69) is 10.9 Å². The fourth-order valence-corrected chi connectivity index (χ4v) is 8.14. The number of nitrogens with two attached hydrogens (primary N) is 1. The molecule has 3 aliphatic rings. The molecule has 0 aromatic carbocycles. The summed E-state index contributed by atoms with van der Waals surface area (Å²) >= 11 is 0. The number of aliphatic hydroxyl groups excluding tert-OH is 10. The van der Waals surface area contributed by atoms with Crippen LogP contribution in [0.15, 0.2) is 0 Å². The largest absolute Gasteiger partial charge is 0.394 e. The number of carbonyl (C=O) groups excluding carboxylic acids is 3. The third kappa shape index (κ3) is 19.5. The molecular formula is C44H81N3O19. The molecule has 386 valence electrons. The molecule has 1 amide bonds. The summed E-state index contributed by atoms with van der Waals surface area (Å²) in [5.41, 5.74) is 11.0. The van der Waals surface area contributed by atoms with Crippen LogP contribution in [0.2, 0.25) is 0 Å². The fourth-order valence-electron chi connectivity index (χ4n) is 8.14. The SMILES string of the molecule is CC(=O)[C@H](CCCCN)NNC(=O)CCCCCCCCCCCCCCC(=O)CCCO[C@H]1O[C@H](CO[C@H]2O[C@H](CO)[C@@H](O)[C@H](O)[C@@H]2O)[C@@H](O)[C@H](O[C@H]2O[C@H](CO)[C@@H](O)[C@H](O)[C@@H]2O)[C@@H]1O. The second-order valence-corrected chi connectivity index (χ2v) is 17.7. The number of unbranched alkanes of at least 4 members (excludes halogenated alkanes) is 12. The first-order valence-corrected chi connectivity index (χ1v) is 23.9. The van der Waals surface area contributed by atoms with Crippen molar-refractivity contribution in [2.45, 2.75) is 227 Å². The van der Waals surface area contributed by atoms with E-state index in [1.54, 1.807) is 0 Å². The highest BCUT2D eigenvalue weighted by Crippen LogP contribution is 2.31. The van der Waals surface area contributed by atoms with Crippen LogP contribution in [-0.4, -0.2) is 200 Å². The van der Waals surface area contributed by atoms with Crippen LogP contribution in [0.3, 0.4) is 0 Å². The third-order valence-electron chi connectivity index (χ3n) is 12.4. The fraction of sp³-hybridized carbons (Fsp3) is 0.932. The molecule has 66 heavy (non-hydrogen) atoms. The van der Waals surface area contributed by atoms with Gasteiger partial charge in [0.1, 0.15) is 84.8 Å². The first kappa shape index (κ1) is 58.4. The van der Waals surface area contributed by atoms with Gasteiger partial charge in [-0.25, -0.2) is 5.43 Å². The first-order chi connectivity index (χ1) is 31.6. The number of ketones is 2. The Morgan fingerprint density at radius 1 is 0.545 bits per heavy atom. The number of Topliss-reactive ketones (excluding diaryl/α,β-unsaturated/α-hetero) is 2. The zero-order valence-corrected chi connectivity index (χ0v) is 38.4. The number of nitrogens with one attached hydrogen (secondary N) is 2. The Morgan fingerprint density at radius 2 is 1.03 bits per heavy atom. The monoisotopic (exact) mass is 956 g/mol. The number of hydrogen-bond acceptors (Lipinski definition) is 21. The van der Waals surface area contributed by atoms with Gasteiger partial charge < -0.3 is 85.2 Å². The smallest absolute Gasteiger partial charge is 0.234 e. The first-order valence-electron chi connectivity index (χ1n) is 23.9. The molecule has 22 nitrogen and oxygen atoms in total. The van der Waals surface area contributed by atoms with Gasteiger partial charge in [-0.2, -0.15) is 0 Å². The predicted molar refractivity (Wildman–Crippen MR) is 233 cm³/mol. The summed E-state index contributed by atoms with van der Waals surface area (Å²) in [6.07, 6.45) is -8.62. The molecule has 3 rings (SSSR count). The van der Waals surface area contributed by atoms with Crippen molar-refractivity contribution in [2.24, 2.45) is 5.73 Å². The predicted octanol–water partition coefficient (Wildman–Crippen LogP) is -2.03. The van der Waals surface area contributed by atoms with Crippen molar-refractivity contribution in [1.29, 1.82) is 0 Å². The molecule has 22 heteroatoms. The van der Waals surface area contributed by atoms with Crippen molar-refractivity contribution >= 4 is 17.5 Å². The maximum atomic E-state index is 12.6. The summed E-state index contributed by atoms with van der Waals surface area (Å²) in [5.74, 6) is -0.0687. The molecule has 3 fully saturated rings. The highest BCUT2D eigenvalue weighted by atomic mass is 16.7. The van der Waals surface area contributed by atoms with E-state index in [1.165, 1.54) is 6.92 Å². The zero-order valence-electron chi connectivity index (χ0n) is 38.4. The van der Waals surface area contributed by atoms with E-state index in [9.17, 15) is 65.4 Å². The van der Waals surface area contributed by atoms with Crippen LogP contribution < -0.4 is 16.6 Å². The van der Waals surface area contributed by atoms with E-state index >= 15 is 0 Å². The second-order valence-electron chi connectivity index (χ2n) is 17.7. The maximum Gasteiger partial charge on any atom is 0.234 e. The van der Waals surface area contributed by atoms with Crippen molar-refractivity contribution in [1.82, 2.24) is 10.9 Å². The van der Waals surface area contributed by atoms with Crippen molar-refractivity contribution in [3.05, 3.63) is 0 Å². The molecule has 0 bridgehead atoms. The Labute approximate surface area is 387 Å². The van der Waals surface area contributed by atoms with E-state index in [0.29, 0.717) is 25.8 Å². The summed E-state index contributed by atoms with van der Waals surface area (Å²) < 4.78 is 33.6. The number of amides is 1. The van der Waals surface area contributed by atoms with Crippen LogP contribution in [0.1, 0.15) is 129 Å². The summed E-state index contributed by atoms with van der Waals surface area (Å²) in [5, 5.41) is 103. The van der Waals surface area contributed by atoms with Crippen LogP contribution in [0.25, 0.3) is 0 Å². The number of aliphatic hydroxyl groups is 10. The summed E-state index contributed by atoms with van der Waals surface area (Å²) in [6.45, 7) is -0.0420. The van der Waals surface area contributed by atoms with Crippen LogP contribution in [0.5, 0.6) is 0 Å². The van der Waals surface area contributed by atoms with Gasteiger partial charge in [0.15, 0.2) is 18.9 Å². The number of hydrazine groups is 1. The molecule has 0 radical (unpaired) electrons. The highest BCUT2D eigenvalue weighted by Gasteiger charge is 2.52. The highest BCUT2D eigenvalue weighted by molar-refractivity contribution is 5.82. The van der Waals surface area contributed by atoms with Gasteiger partial charge in [0.25, 0.3) is 0 Å². The normalized spacial score (nSPS) is 33.1. The molecule has 3 heterocycles. The lowest BCUT2D eigenvalue weighted by molar-refractivity contribution is -0.366. The van der Waals surface area contributed by atoms with Crippen LogP contribution in [0.4, 0.5) is 0 Å². The third-order valence-corrected chi connectivity index (χ3v) is 12.4. The Bertz CT molecular complexity index is 1350.